The summed E-state index contributed by atoms with van der Waals surface area (Å²) in [7, 11) is 1.46. The van der Waals surface area contributed by atoms with Crippen molar-refractivity contribution in [3.8, 4) is 0 Å². The van der Waals surface area contributed by atoms with Crippen LogP contribution in [0.2, 0.25) is 0 Å². The van der Waals surface area contributed by atoms with Crippen LogP contribution in [-0.2, 0) is 35.1 Å². The minimum atomic E-state index is -0.668. The smallest absolute Gasteiger partial charge is 0.410 e. The number of ether oxygens (including phenoxy) is 4. The Labute approximate surface area is 188 Å². The monoisotopic (exact) mass is 448 g/mol. The first-order valence-electron chi connectivity index (χ1n) is 11.0. The molecular formula is C23H32N2O7. The van der Waals surface area contributed by atoms with Crippen LogP contribution >= 0.6 is 0 Å². The van der Waals surface area contributed by atoms with E-state index in [1.54, 1.807) is 6.92 Å². The molecule has 2 saturated heterocycles. The van der Waals surface area contributed by atoms with Crippen molar-refractivity contribution in [1.29, 1.82) is 0 Å². The van der Waals surface area contributed by atoms with E-state index in [2.05, 4.69) is 5.32 Å². The maximum atomic E-state index is 12.4. The standard InChI is InChI=1S/C23H32N2O7/c1-15(31-19-11-7-8-12-29-19)20-21(24-22(20)27)16(2)32-23(28)25(3)13-18(26)30-14-17-9-5-4-6-10-17/h4-6,9-10,15-16,19-21H,7-8,11-14H2,1-3H3,(H,24,27)/t15-,16+,19?,20-,21-/m1/s1. The van der Waals surface area contributed by atoms with Gasteiger partial charge in [0.1, 0.15) is 19.3 Å². The third-order valence-corrected chi connectivity index (χ3v) is 5.72. The predicted molar refractivity (Wildman–Crippen MR) is 114 cm³/mol. The van der Waals surface area contributed by atoms with Crippen molar-refractivity contribution in [3.05, 3.63) is 35.9 Å². The van der Waals surface area contributed by atoms with Gasteiger partial charge in [-0.3, -0.25) is 9.59 Å². The number of esters is 1. The molecule has 9 heteroatoms. The van der Waals surface area contributed by atoms with Crippen LogP contribution in [0.15, 0.2) is 30.3 Å². The molecule has 1 aromatic rings. The molecule has 9 nitrogen and oxygen atoms in total. The average Bonchev–Trinajstić information content (AvgIpc) is 2.77. The van der Waals surface area contributed by atoms with Gasteiger partial charge in [0.15, 0.2) is 6.29 Å². The second-order valence-corrected chi connectivity index (χ2v) is 8.29. The fraction of sp³-hybridized carbons (Fsp3) is 0.609. The van der Waals surface area contributed by atoms with Gasteiger partial charge in [0, 0.05) is 13.7 Å². The van der Waals surface area contributed by atoms with Gasteiger partial charge in [0.2, 0.25) is 5.91 Å². The zero-order valence-electron chi connectivity index (χ0n) is 18.8. The van der Waals surface area contributed by atoms with Crippen LogP contribution in [0, 0.1) is 5.92 Å². The SMILES string of the molecule is C[C@H](OC(=O)N(C)CC(=O)OCc1ccccc1)[C@H]1NC(=O)[C@@H]1[C@@H](C)OC1CCCCO1. The lowest BCUT2D eigenvalue weighted by Gasteiger charge is -2.43. The molecule has 32 heavy (non-hydrogen) atoms. The molecule has 3 rings (SSSR count). The summed E-state index contributed by atoms with van der Waals surface area (Å²) in [6, 6.07) is 8.91. The number of carbonyl (C=O) groups excluding carboxylic acids is 3. The van der Waals surface area contributed by atoms with Crippen LogP contribution in [0.1, 0.15) is 38.7 Å². The lowest BCUT2D eigenvalue weighted by Crippen LogP contribution is -2.67. The summed E-state index contributed by atoms with van der Waals surface area (Å²) < 4.78 is 22.2. The molecule has 2 amide bonds. The summed E-state index contributed by atoms with van der Waals surface area (Å²) in [6.07, 6.45) is 0.915. The molecular weight excluding hydrogens is 416 g/mol. The van der Waals surface area contributed by atoms with Crippen molar-refractivity contribution in [3.63, 3.8) is 0 Å². The molecule has 1 unspecified atom stereocenters. The average molecular weight is 449 g/mol. The van der Waals surface area contributed by atoms with Crippen LogP contribution in [0.25, 0.3) is 0 Å². The van der Waals surface area contributed by atoms with Gasteiger partial charge in [-0.05, 0) is 38.7 Å². The lowest BCUT2D eigenvalue weighted by atomic mass is 9.83. The molecule has 0 spiro atoms. The number of likely N-dealkylation sites (N-methyl/N-ethyl adjacent to an activating group) is 1. The van der Waals surface area contributed by atoms with Crippen molar-refractivity contribution in [2.45, 2.75) is 64.3 Å². The largest absolute Gasteiger partial charge is 0.459 e. The molecule has 2 aliphatic heterocycles. The van der Waals surface area contributed by atoms with Gasteiger partial charge in [0.05, 0.1) is 18.1 Å². The van der Waals surface area contributed by atoms with Gasteiger partial charge in [-0.25, -0.2) is 4.79 Å². The Balaban J connectivity index is 1.43. The van der Waals surface area contributed by atoms with E-state index >= 15 is 0 Å². The molecule has 0 saturated carbocycles. The van der Waals surface area contributed by atoms with E-state index in [4.69, 9.17) is 18.9 Å². The second-order valence-electron chi connectivity index (χ2n) is 8.29. The highest BCUT2D eigenvalue weighted by Crippen LogP contribution is 2.28. The van der Waals surface area contributed by atoms with Crippen molar-refractivity contribution >= 4 is 18.0 Å². The normalized spacial score (nSPS) is 24.5. The van der Waals surface area contributed by atoms with Crippen molar-refractivity contribution in [2.24, 2.45) is 5.92 Å². The number of nitrogens with zero attached hydrogens (tertiary/aromatic N) is 1. The first-order chi connectivity index (χ1) is 15.3. The zero-order chi connectivity index (χ0) is 23.1. The highest BCUT2D eigenvalue weighted by atomic mass is 16.7. The van der Waals surface area contributed by atoms with Crippen molar-refractivity contribution < 1.29 is 33.3 Å². The minimum absolute atomic E-state index is 0.136. The topological polar surface area (TPSA) is 103 Å². The third kappa shape index (κ3) is 6.43. The molecule has 1 aromatic carbocycles. The number of carbonyl (C=O) groups is 3. The number of hydrogen-bond donors (Lipinski definition) is 1. The molecule has 0 aromatic heterocycles. The Hall–Kier alpha value is -2.65. The van der Waals surface area contributed by atoms with Crippen molar-refractivity contribution in [2.75, 3.05) is 20.2 Å². The molecule has 5 atom stereocenters. The summed E-state index contributed by atoms with van der Waals surface area (Å²) in [5.74, 6) is -1.12. The highest BCUT2D eigenvalue weighted by Gasteiger charge is 2.48. The van der Waals surface area contributed by atoms with Crippen LogP contribution in [0.3, 0.4) is 0 Å². The number of amides is 2. The maximum Gasteiger partial charge on any atom is 0.410 e. The van der Waals surface area contributed by atoms with Crippen LogP contribution in [0.5, 0.6) is 0 Å². The fourth-order valence-corrected chi connectivity index (χ4v) is 3.84. The van der Waals surface area contributed by atoms with Gasteiger partial charge in [-0.15, -0.1) is 0 Å². The van der Waals surface area contributed by atoms with E-state index in [1.165, 1.54) is 7.05 Å². The summed E-state index contributed by atoms with van der Waals surface area (Å²) in [4.78, 5) is 37.7. The van der Waals surface area contributed by atoms with E-state index in [0.29, 0.717) is 6.61 Å². The van der Waals surface area contributed by atoms with Gasteiger partial charge >= 0.3 is 12.1 Å². The summed E-state index contributed by atoms with van der Waals surface area (Å²) in [5, 5.41) is 2.79. The van der Waals surface area contributed by atoms with E-state index in [-0.39, 0.29) is 37.5 Å². The minimum Gasteiger partial charge on any atom is -0.459 e. The Morgan fingerprint density at radius 2 is 1.94 bits per heavy atom. The summed E-state index contributed by atoms with van der Waals surface area (Å²) >= 11 is 0. The first-order valence-corrected chi connectivity index (χ1v) is 11.0. The Bertz CT molecular complexity index is 782. The number of benzene rings is 1. The summed E-state index contributed by atoms with van der Waals surface area (Å²) in [5.41, 5.74) is 0.862. The molecule has 0 radical (unpaired) electrons. The molecule has 176 valence electrons. The van der Waals surface area contributed by atoms with E-state index in [0.717, 1.165) is 29.7 Å². The third-order valence-electron chi connectivity index (χ3n) is 5.72. The number of nitrogens with one attached hydrogen (secondary N) is 1. The number of rotatable bonds is 9. The molecule has 0 bridgehead atoms. The van der Waals surface area contributed by atoms with Gasteiger partial charge in [-0.2, -0.15) is 0 Å². The Kier molecular flexibility index (Phi) is 8.46. The predicted octanol–water partition coefficient (Wildman–Crippen LogP) is 2.23. The van der Waals surface area contributed by atoms with E-state index < -0.39 is 24.1 Å². The van der Waals surface area contributed by atoms with Crippen LogP contribution in [-0.4, -0.2) is 67.6 Å². The number of β-lactam (4-membered cyclic amide) rings is 1. The summed E-state index contributed by atoms with van der Waals surface area (Å²) in [6.45, 7) is 4.10. The number of hydrogen-bond acceptors (Lipinski definition) is 7. The molecule has 1 N–H and O–H groups in total. The fourth-order valence-electron chi connectivity index (χ4n) is 3.84. The maximum absolute atomic E-state index is 12.4. The first kappa shape index (κ1) is 24.0. The lowest BCUT2D eigenvalue weighted by molar-refractivity contribution is -0.205. The molecule has 0 aliphatic carbocycles. The van der Waals surface area contributed by atoms with E-state index in [9.17, 15) is 14.4 Å². The van der Waals surface area contributed by atoms with Gasteiger partial charge < -0.3 is 29.2 Å². The molecule has 2 heterocycles. The highest BCUT2D eigenvalue weighted by molar-refractivity contribution is 5.87. The van der Waals surface area contributed by atoms with Crippen molar-refractivity contribution in [1.82, 2.24) is 10.2 Å². The van der Waals surface area contributed by atoms with E-state index in [1.807, 2.05) is 37.3 Å². The Morgan fingerprint density at radius 1 is 1.19 bits per heavy atom. The Morgan fingerprint density at radius 3 is 2.59 bits per heavy atom. The molecule has 2 fully saturated rings. The van der Waals surface area contributed by atoms with Gasteiger partial charge in [-0.1, -0.05) is 30.3 Å². The molecule has 2 aliphatic rings. The quantitative estimate of drug-likeness (QED) is 0.456. The second kappa shape index (κ2) is 11.3. The van der Waals surface area contributed by atoms with Gasteiger partial charge in [0.25, 0.3) is 0 Å². The zero-order valence-corrected chi connectivity index (χ0v) is 18.8. The van der Waals surface area contributed by atoms with Crippen LogP contribution < -0.4 is 5.32 Å². The van der Waals surface area contributed by atoms with Crippen LogP contribution in [0.4, 0.5) is 4.79 Å².